The van der Waals surface area contributed by atoms with Gasteiger partial charge in [-0.25, -0.2) is 4.79 Å². The van der Waals surface area contributed by atoms with Gasteiger partial charge in [0.25, 0.3) is 5.91 Å². The number of nitrogens with one attached hydrogen (secondary N) is 1. The zero-order chi connectivity index (χ0) is 20.3. The number of rotatable bonds is 6. The number of anilines is 2. The first-order valence-corrected chi connectivity index (χ1v) is 8.63. The fraction of sp³-hybridized carbons (Fsp3) is 0.190. The molecule has 28 heavy (non-hydrogen) atoms. The summed E-state index contributed by atoms with van der Waals surface area (Å²) < 4.78 is 10.6. The van der Waals surface area contributed by atoms with E-state index in [-0.39, 0.29) is 17.2 Å². The maximum Gasteiger partial charge on any atom is 0.338 e. The second-order valence-corrected chi connectivity index (χ2v) is 6.42. The smallest absolute Gasteiger partial charge is 0.338 e. The van der Waals surface area contributed by atoms with Gasteiger partial charge in [0.1, 0.15) is 5.58 Å². The van der Waals surface area contributed by atoms with Crippen LogP contribution in [0, 0.1) is 0 Å². The van der Waals surface area contributed by atoms with Crippen LogP contribution in [0.3, 0.4) is 0 Å². The zero-order valence-corrected chi connectivity index (χ0v) is 15.8. The Kier molecular flexibility index (Phi) is 5.44. The number of carbonyl (C=O) groups excluding carboxylic acids is 3. The fourth-order valence-corrected chi connectivity index (χ4v) is 2.70. The van der Waals surface area contributed by atoms with Crippen LogP contribution >= 0.6 is 0 Å². The van der Waals surface area contributed by atoms with Crippen molar-refractivity contribution in [3.8, 4) is 0 Å². The van der Waals surface area contributed by atoms with Gasteiger partial charge in [0.2, 0.25) is 0 Å². The van der Waals surface area contributed by atoms with Crippen LogP contribution in [0.25, 0.3) is 11.0 Å². The van der Waals surface area contributed by atoms with Gasteiger partial charge in [0.15, 0.2) is 18.2 Å². The molecule has 0 bridgehead atoms. The van der Waals surface area contributed by atoms with Crippen LogP contribution in [-0.2, 0) is 9.53 Å². The molecule has 1 heterocycles. The number of Topliss-reactive ketones (excluding diaryl/α,β-unsaturated/α-hetero) is 1. The average molecular weight is 380 g/mol. The lowest BCUT2D eigenvalue weighted by molar-refractivity contribution is -0.119. The maximum absolute atomic E-state index is 12.3. The number of furan rings is 1. The molecule has 3 aromatic rings. The summed E-state index contributed by atoms with van der Waals surface area (Å²) in [4.78, 5) is 38.1. The number of amides is 1. The van der Waals surface area contributed by atoms with Gasteiger partial charge in [-0.1, -0.05) is 12.1 Å². The third-order valence-corrected chi connectivity index (χ3v) is 4.13. The highest BCUT2D eigenvalue weighted by Crippen LogP contribution is 2.31. The molecule has 7 heteroatoms. The molecule has 3 rings (SSSR count). The lowest BCUT2D eigenvalue weighted by Crippen LogP contribution is -2.21. The molecular weight excluding hydrogens is 360 g/mol. The summed E-state index contributed by atoms with van der Waals surface area (Å²) in [5, 5.41) is 3.21. The van der Waals surface area contributed by atoms with Crippen molar-refractivity contribution in [2.24, 2.45) is 0 Å². The van der Waals surface area contributed by atoms with Crippen LogP contribution in [0.4, 0.5) is 11.4 Å². The first-order chi connectivity index (χ1) is 13.4. The molecule has 0 aliphatic rings. The Hall–Kier alpha value is -3.61. The zero-order valence-electron chi connectivity index (χ0n) is 15.8. The van der Waals surface area contributed by atoms with Gasteiger partial charge in [-0.2, -0.15) is 0 Å². The summed E-state index contributed by atoms with van der Waals surface area (Å²) in [6.07, 6.45) is 0. The summed E-state index contributed by atoms with van der Waals surface area (Å²) in [6.45, 7) is 0.871. The van der Waals surface area contributed by atoms with E-state index < -0.39 is 18.5 Å². The molecule has 1 N–H and O–H groups in total. The summed E-state index contributed by atoms with van der Waals surface area (Å²) in [5.74, 6) is -1.43. The van der Waals surface area contributed by atoms with Gasteiger partial charge < -0.3 is 19.4 Å². The quantitative estimate of drug-likeness (QED) is 0.520. The van der Waals surface area contributed by atoms with Crippen LogP contribution in [0.15, 0.2) is 52.9 Å². The van der Waals surface area contributed by atoms with Crippen molar-refractivity contribution in [1.29, 1.82) is 0 Å². The van der Waals surface area contributed by atoms with E-state index in [1.54, 1.807) is 48.5 Å². The summed E-state index contributed by atoms with van der Waals surface area (Å²) in [7, 11) is 3.79. The minimum absolute atomic E-state index is 0.0557. The third-order valence-electron chi connectivity index (χ3n) is 4.13. The number of ether oxygens (including phenoxy) is 1. The highest BCUT2D eigenvalue weighted by Gasteiger charge is 2.20. The number of ketones is 1. The van der Waals surface area contributed by atoms with Gasteiger partial charge in [-0.15, -0.1) is 0 Å². The SMILES string of the molecule is CC(=O)c1oc2ccccc2c1NC(=O)COC(=O)c1ccc(N(C)C)cc1. The molecule has 0 saturated carbocycles. The minimum atomic E-state index is -0.607. The van der Waals surface area contributed by atoms with Gasteiger partial charge in [-0.05, 0) is 36.4 Å². The van der Waals surface area contributed by atoms with E-state index in [1.807, 2.05) is 19.0 Å². The van der Waals surface area contributed by atoms with Crippen LogP contribution in [0.1, 0.15) is 27.8 Å². The number of fused-ring (bicyclic) bond motifs is 1. The van der Waals surface area contributed by atoms with Gasteiger partial charge in [0.05, 0.1) is 11.3 Å². The molecule has 7 nitrogen and oxygen atoms in total. The van der Waals surface area contributed by atoms with E-state index in [0.717, 1.165) is 5.69 Å². The normalized spacial score (nSPS) is 10.5. The molecule has 0 unspecified atom stereocenters. The Morgan fingerprint density at radius 3 is 2.36 bits per heavy atom. The van der Waals surface area contributed by atoms with E-state index in [1.165, 1.54) is 6.92 Å². The average Bonchev–Trinajstić information content (AvgIpc) is 3.05. The standard InChI is InChI=1S/C21H20N2O5/c1-13(24)20-19(16-6-4-5-7-17(16)28-20)22-18(25)12-27-21(26)14-8-10-15(11-9-14)23(2)3/h4-11H,12H2,1-3H3,(H,22,25). The van der Waals surface area contributed by atoms with Crippen molar-refractivity contribution in [3.05, 3.63) is 59.9 Å². The molecule has 0 aliphatic carbocycles. The van der Waals surface area contributed by atoms with Crippen LogP contribution in [-0.4, -0.2) is 38.4 Å². The molecule has 1 amide bonds. The molecule has 144 valence electrons. The number of esters is 1. The van der Waals surface area contributed by atoms with Crippen LogP contribution in [0.2, 0.25) is 0 Å². The highest BCUT2D eigenvalue weighted by molar-refractivity contribution is 6.11. The lowest BCUT2D eigenvalue weighted by atomic mass is 10.2. The van der Waals surface area contributed by atoms with Crippen LogP contribution in [0.5, 0.6) is 0 Å². The van der Waals surface area contributed by atoms with Crippen molar-refractivity contribution in [1.82, 2.24) is 0 Å². The topological polar surface area (TPSA) is 88.9 Å². The van der Waals surface area contributed by atoms with E-state index >= 15 is 0 Å². The first-order valence-electron chi connectivity index (χ1n) is 8.63. The van der Waals surface area contributed by atoms with E-state index in [2.05, 4.69) is 5.32 Å². The molecule has 0 spiro atoms. The molecule has 2 aromatic carbocycles. The summed E-state index contributed by atoms with van der Waals surface area (Å²) in [5.41, 5.74) is 2.05. The number of hydrogen-bond acceptors (Lipinski definition) is 6. The number of para-hydroxylation sites is 1. The fourth-order valence-electron chi connectivity index (χ4n) is 2.70. The second-order valence-electron chi connectivity index (χ2n) is 6.42. The second kappa shape index (κ2) is 7.96. The predicted molar refractivity (Wildman–Crippen MR) is 106 cm³/mol. The van der Waals surface area contributed by atoms with Crippen molar-refractivity contribution in [2.45, 2.75) is 6.92 Å². The van der Waals surface area contributed by atoms with Gasteiger partial charge in [0, 0.05) is 32.1 Å². The van der Waals surface area contributed by atoms with Crippen molar-refractivity contribution in [3.63, 3.8) is 0 Å². The molecule has 0 saturated heterocycles. The lowest BCUT2D eigenvalue weighted by Gasteiger charge is -2.12. The van der Waals surface area contributed by atoms with Crippen LogP contribution < -0.4 is 10.2 Å². The summed E-state index contributed by atoms with van der Waals surface area (Å²) in [6, 6.07) is 13.8. The Morgan fingerprint density at radius 2 is 1.71 bits per heavy atom. The Balaban J connectivity index is 1.68. The molecule has 0 aliphatic heterocycles. The largest absolute Gasteiger partial charge is 0.452 e. The minimum Gasteiger partial charge on any atom is -0.452 e. The molecule has 1 aromatic heterocycles. The number of carbonyl (C=O) groups is 3. The number of benzene rings is 2. The Bertz CT molecular complexity index is 1030. The molecule has 0 atom stereocenters. The number of nitrogens with zero attached hydrogens (tertiary/aromatic N) is 1. The van der Waals surface area contributed by atoms with Gasteiger partial charge >= 0.3 is 5.97 Å². The first kappa shape index (κ1) is 19.2. The third kappa shape index (κ3) is 4.03. The Morgan fingerprint density at radius 1 is 1.04 bits per heavy atom. The maximum atomic E-state index is 12.3. The van der Waals surface area contributed by atoms with Crippen molar-refractivity contribution >= 4 is 40.0 Å². The van der Waals surface area contributed by atoms with E-state index in [9.17, 15) is 14.4 Å². The predicted octanol–water partition coefficient (Wildman–Crippen LogP) is 3.50. The Labute approximate surface area is 161 Å². The van der Waals surface area contributed by atoms with Crippen molar-refractivity contribution < 1.29 is 23.5 Å². The monoisotopic (exact) mass is 380 g/mol. The van der Waals surface area contributed by atoms with E-state index in [0.29, 0.717) is 16.5 Å². The van der Waals surface area contributed by atoms with Crippen molar-refractivity contribution in [2.75, 3.05) is 30.9 Å². The molecule has 0 radical (unpaired) electrons. The highest BCUT2D eigenvalue weighted by atomic mass is 16.5. The van der Waals surface area contributed by atoms with Gasteiger partial charge in [-0.3, -0.25) is 9.59 Å². The molecular formula is C21H20N2O5. The number of hydrogen-bond donors (Lipinski definition) is 1. The molecule has 0 fully saturated rings. The van der Waals surface area contributed by atoms with E-state index in [4.69, 9.17) is 9.15 Å². The summed E-state index contributed by atoms with van der Waals surface area (Å²) >= 11 is 0.